The number of aliphatic carboxylic acids is 1. The number of carbonyl (C=O) groups is 3. The number of hydrogen-bond acceptors (Lipinski definition) is 3. The van der Waals surface area contributed by atoms with Gasteiger partial charge in [0.2, 0.25) is 5.91 Å². The highest BCUT2D eigenvalue weighted by atomic mass is 19.1. The molecule has 0 spiro atoms. The smallest absolute Gasteiger partial charge is 0.322 e. The normalized spacial score (nSPS) is 11.8. The van der Waals surface area contributed by atoms with E-state index in [1.165, 1.54) is 12.1 Å². The number of rotatable bonds is 7. The first-order valence-corrected chi connectivity index (χ1v) is 8.94. The topological polar surface area (TPSA) is 100 Å². The van der Waals surface area contributed by atoms with Crippen LogP contribution in [0.25, 0.3) is 10.9 Å². The van der Waals surface area contributed by atoms with Crippen molar-refractivity contribution in [2.75, 3.05) is 6.54 Å². The van der Waals surface area contributed by atoms with Crippen molar-refractivity contribution in [3.63, 3.8) is 0 Å². The molecule has 7 nitrogen and oxygen atoms in total. The number of nitrogens with one attached hydrogen (secondary N) is 2. The van der Waals surface area contributed by atoms with Gasteiger partial charge in [-0.3, -0.25) is 14.4 Å². The molecule has 3 N–H and O–H groups in total. The number of fused-ring (bicyclic) bond motifs is 1. The Morgan fingerprint density at radius 1 is 1.10 bits per heavy atom. The van der Waals surface area contributed by atoms with E-state index in [2.05, 4.69) is 10.6 Å². The van der Waals surface area contributed by atoms with E-state index < -0.39 is 36.2 Å². The predicted molar refractivity (Wildman–Crippen MR) is 105 cm³/mol. The fourth-order valence-corrected chi connectivity index (χ4v) is 3.12. The SMILES string of the molecule is Cn1c(C(=O)NC(Cc2ccccc2)C(=O)NCC(=O)O)cc2cc(F)ccc21. The molecule has 3 rings (SSSR count). The molecule has 1 heterocycles. The van der Waals surface area contributed by atoms with Gasteiger partial charge in [-0.15, -0.1) is 0 Å². The monoisotopic (exact) mass is 397 g/mol. The molecule has 0 saturated carbocycles. The first kappa shape index (κ1) is 20.1. The van der Waals surface area contributed by atoms with Crippen LogP contribution in [0.1, 0.15) is 16.1 Å². The molecule has 8 heteroatoms. The van der Waals surface area contributed by atoms with Crippen LogP contribution in [0.4, 0.5) is 4.39 Å². The van der Waals surface area contributed by atoms with E-state index >= 15 is 0 Å². The molecule has 0 radical (unpaired) electrons. The van der Waals surface area contributed by atoms with Crippen molar-refractivity contribution in [3.05, 3.63) is 71.7 Å². The second-order valence-electron chi connectivity index (χ2n) is 6.62. The van der Waals surface area contributed by atoms with E-state index in [1.807, 2.05) is 30.3 Å². The van der Waals surface area contributed by atoms with E-state index in [-0.39, 0.29) is 12.1 Å². The third-order valence-corrected chi connectivity index (χ3v) is 4.56. The lowest BCUT2D eigenvalue weighted by atomic mass is 10.0. The summed E-state index contributed by atoms with van der Waals surface area (Å²) in [5.41, 5.74) is 1.74. The number of halogens is 1. The summed E-state index contributed by atoms with van der Waals surface area (Å²) in [6, 6.07) is 13.8. The zero-order valence-corrected chi connectivity index (χ0v) is 15.7. The van der Waals surface area contributed by atoms with E-state index in [0.717, 1.165) is 5.56 Å². The van der Waals surface area contributed by atoms with Gasteiger partial charge in [0.1, 0.15) is 24.1 Å². The van der Waals surface area contributed by atoms with Crippen LogP contribution in [0.5, 0.6) is 0 Å². The zero-order chi connectivity index (χ0) is 21.0. The van der Waals surface area contributed by atoms with Gasteiger partial charge in [-0.25, -0.2) is 4.39 Å². The molecular formula is C21H20FN3O4. The molecular weight excluding hydrogens is 377 g/mol. The Morgan fingerprint density at radius 2 is 1.83 bits per heavy atom. The molecule has 2 amide bonds. The van der Waals surface area contributed by atoms with Crippen molar-refractivity contribution in [2.24, 2.45) is 7.05 Å². The first-order valence-electron chi connectivity index (χ1n) is 8.94. The van der Waals surface area contributed by atoms with Gasteiger partial charge in [0.25, 0.3) is 5.91 Å². The van der Waals surface area contributed by atoms with Crippen molar-refractivity contribution in [3.8, 4) is 0 Å². The first-order chi connectivity index (χ1) is 13.8. The van der Waals surface area contributed by atoms with Crippen LogP contribution in [0, 0.1) is 5.82 Å². The molecule has 150 valence electrons. The number of carboxylic acid groups (broad SMARTS) is 1. The fourth-order valence-electron chi connectivity index (χ4n) is 3.12. The predicted octanol–water partition coefficient (Wildman–Crippen LogP) is 1.86. The van der Waals surface area contributed by atoms with Crippen LogP contribution in [-0.2, 0) is 23.1 Å². The van der Waals surface area contributed by atoms with Crippen LogP contribution in [-0.4, -0.2) is 40.0 Å². The third kappa shape index (κ3) is 4.78. The van der Waals surface area contributed by atoms with Gasteiger partial charge in [0.05, 0.1) is 0 Å². The molecule has 3 aromatic rings. The van der Waals surface area contributed by atoms with Crippen molar-refractivity contribution < 1.29 is 23.9 Å². The van der Waals surface area contributed by atoms with Gasteiger partial charge >= 0.3 is 5.97 Å². The molecule has 0 aliphatic heterocycles. The second kappa shape index (κ2) is 8.55. The summed E-state index contributed by atoms with van der Waals surface area (Å²) in [6.45, 7) is -0.548. The van der Waals surface area contributed by atoms with Gasteiger partial charge in [0, 0.05) is 24.4 Å². The highest BCUT2D eigenvalue weighted by Crippen LogP contribution is 2.20. The fraction of sp³-hybridized carbons (Fsp3) is 0.190. The lowest BCUT2D eigenvalue weighted by Crippen LogP contribution is -2.49. The second-order valence-corrected chi connectivity index (χ2v) is 6.62. The lowest BCUT2D eigenvalue weighted by molar-refractivity contribution is -0.138. The molecule has 0 bridgehead atoms. The van der Waals surface area contributed by atoms with E-state index in [4.69, 9.17) is 5.11 Å². The summed E-state index contributed by atoms with van der Waals surface area (Å²) in [5.74, 6) is -2.71. The maximum absolute atomic E-state index is 13.5. The zero-order valence-electron chi connectivity index (χ0n) is 15.7. The number of nitrogens with zero attached hydrogens (tertiary/aromatic N) is 1. The highest BCUT2D eigenvalue weighted by molar-refractivity contribution is 6.01. The van der Waals surface area contributed by atoms with Gasteiger partial charge in [0.15, 0.2) is 0 Å². The summed E-state index contributed by atoms with van der Waals surface area (Å²) >= 11 is 0. The average molecular weight is 397 g/mol. The summed E-state index contributed by atoms with van der Waals surface area (Å²) in [7, 11) is 1.67. The summed E-state index contributed by atoms with van der Waals surface area (Å²) < 4.78 is 15.1. The quantitative estimate of drug-likeness (QED) is 0.567. The largest absolute Gasteiger partial charge is 0.480 e. The maximum Gasteiger partial charge on any atom is 0.322 e. The van der Waals surface area contributed by atoms with Crippen molar-refractivity contribution >= 4 is 28.7 Å². The minimum atomic E-state index is -1.18. The lowest BCUT2D eigenvalue weighted by Gasteiger charge is -2.18. The number of amides is 2. The Hall–Kier alpha value is -3.68. The van der Waals surface area contributed by atoms with Crippen LogP contribution < -0.4 is 10.6 Å². The number of carboxylic acids is 1. The molecule has 1 aromatic heterocycles. The van der Waals surface area contributed by atoms with Crippen molar-refractivity contribution in [1.82, 2.24) is 15.2 Å². The van der Waals surface area contributed by atoms with Gasteiger partial charge < -0.3 is 20.3 Å². The maximum atomic E-state index is 13.5. The molecule has 0 aliphatic rings. The Kier molecular flexibility index (Phi) is 5.92. The minimum absolute atomic E-state index is 0.191. The Balaban J connectivity index is 1.84. The van der Waals surface area contributed by atoms with Crippen molar-refractivity contribution in [1.29, 1.82) is 0 Å². The molecule has 2 aromatic carbocycles. The van der Waals surface area contributed by atoms with E-state index in [0.29, 0.717) is 10.9 Å². The summed E-state index contributed by atoms with van der Waals surface area (Å²) in [6.07, 6.45) is 0.191. The third-order valence-electron chi connectivity index (χ3n) is 4.56. The number of aryl methyl sites for hydroxylation is 1. The molecule has 29 heavy (non-hydrogen) atoms. The molecule has 0 fully saturated rings. The van der Waals surface area contributed by atoms with Crippen LogP contribution >= 0.6 is 0 Å². The van der Waals surface area contributed by atoms with E-state index in [9.17, 15) is 18.8 Å². The van der Waals surface area contributed by atoms with Gasteiger partial charge in [-0.05, 0) is 29.8 Å². The van der Waals surface area contributed by atoms with Crippen LogP contribution in [0.3, 0.4) is 0 Å². The van der Waals surface area contributed by atoms with Gasteiger partial charge in [-0.2, -0.15) is 0 Å². The standard InChI is InChI=1S/C21H20FN3O4/c1-25-17-8-7-15(22)10-14(17)11-18(25)21(29)24-16(20(28)23-12-19(26)27)9-13-5-3-2-4-6-13/h2-8,10-11,16H,9,12H2,1H3,(H,23,28)(H,24,29)(H,26,27). The Bertz CT molecular complexity index is 1060. The van der Waals surface area contributed by atoms with Crippen LogP contribution in [0.15, 0.2) is 54.6 Å². The Morgan fingerprint density at radius 3 is 2.52 bits per heavy atom. The van der Waals surface area contributed by atoms with E-state index in [1.54, 1.807) is 23.7 Å². The van der Waals surface area contributed by atoms with Crippen molar-refractivity contribution in [2.45, 2.75) is 12.5 Å². The van der Waals surface area contributed by atoms with Gasteiger partial charge in [-0.1, -0.05) is 30.3 Å². The summed E-state index contributed by atoms with van der Waals surface area (Å²) in [5, 5.41) is 14.3. The number of carbonyl (C=O) groups excluding carboxylic acids is 2. The average Bonchev–Trinajstić information content (AvgIpc) is 3.02. The van der Waals surface area contributed by atoms with Crippen LogP contribution in [0.2, 0.25) is 0 Å². The molecule has 0 aliphatic carbocycles. The number of aromatic nitrogens is 1. The molecule has 1 unspecified atom stereocenters. The number of benzene rings is 2. The molecule has 1 atom stereocenters. The Labute approximate surface area is 166 Å². The summed E-state index contributed by atoms with van der Waals surface area (Å²) in [4.78, 5) is 36.1. The number of hydrogen-bond donors (Lipinski definition) is 3. The minimum Gasteiger partial charge on any atom is -0.480 e. The highest BCUT2D eigenvalue weighted by Gasteiger charge is 2.24. The molecule has 0 saturated heterocycles.